The van der Waals surface area contributed by atoms with Gasteiger partial charge in [-0.2, -0.15) is 4.31 Å². The molecule has 0 aliphatic rings. The van der Waals surface area contributed by atoms with Gasteiger partial charge in [-0.1, -0.05) is 13.8 Å². The standard InChI is InChI=1S/C12H23N3O2S/c1-4-7-15(6-3)18(16,17)12-8-11(9-13)14(5-2)10-12/h8,10H,4-7,9,13H2,1-3H3. The Kier molecular flexibility index (Phi) is 5.37. The Morgan fingerprint density at radius 3 is 2.39 bits per heavy atom. The Morgan fingerprint density at radius 1 is 1.33 bits per heavy atom. The van der Waals surface area contributed by atoms with Crippen molar-refractivity contribution < 1.29 is 8.42 Å². The Hall–Kier alpha value is -0.850. The summed E-state index contributed by atoms with van der Waals surface area (Å²) in [5.74, 6) is 0. The first-order valence-corrected chi connectivity index (χ1v) is 7.84. The summed E-state index contributed by atoms with van der Waals surface area (Å²) in [6, 6.07) is 1.68. The van der Waals surface area contributed by atoms with Crippen LogP contribution in [-0.4, -0.2) is 30.4 Å². The molecule has 0 radical (unpaired) electrons. The summed E-state index contributed by atoms with van der Waals surface area (Å²) in [5.41, 5.74) is 6.47. The molecule has 18 heavy (non-hydrogen) atoms. The van der Waals surface area contributed by atoms with Crippen LogP contribution in [-0.2, 0) is 23.1 Å². The molecule has 5 nitrogen and oxygen atoms in total. The minimum Gasteiger partial charge on any atom is -0.349 e. The number of hydrogen-bond acceptors (Lipinski definition) is 3. The van der Waals surface area contributed by atoms with Gasteiger partial charge < -0.3 is 10.3 Å². The smallest absolute Gasteiger partial charge is 0.244 e. The van der Waals surface area contributed by atoms with Gasteiger partial charge in [0.15, 0.2) is 0 Å². The molecule has 1 rings (SSSR count). The van der Waals surface area contributed by atoms with Crippen molar-refractivity contribution in [1.29, 1.82) is 0 Å². The maximum atomic E-state index is 12.4. The summed E-state index contributed by atoms with van der Waals surface area (Å²) in [7, 11) is -3.38. The van der Waals surface area contributed by atoms with Crippen LogP contribution in [0.3, 0.4) is 0 Å². The fourth-order valence-electron chi connectivity index (χ4n) is 1.98. The molecular weight excluding hydrogens is 250 g/mol. The van der Waals surface area contributed by atoms with Gasteiger partial charge in [0.2, 0.25) is 10.0 Å². The van der Waals surface area contributed by atoms with Crippen LogP contribution in [0.5, 0.6) is 0 Å². The highest BCUT2D eigenvalue weighted by atomic mass is 32.2. The Labute approximate surface area is 110 Å². The number of rotatable bonds is 7. The van der Waals surface area contributed by atoms with Gasteiger partial charge in [0, 0.05) is 38.1 Å². The van der Waals surface area contributed by atoms with E-state index in [9.17, 15) is 8.42 Å². The van der Waals surface area contributed by atoms with E-state index in [0.717, 1.165) is 18.7 Å². The van der Waals surface area contributed by atoms with Crippen LogP contribution in [0.25, 0.3) is 0 Å². The van der Waals surface area contributed by atoms with Gasteiger partial charge in [0.25, 0.3) is 0 Å². The van der Waals surface area contributed by atoms with Crippen molar-refractivity contribution >= 4 is 10.0 Å². The van der Waals surface area contributed by atoms with Gasteiger partial charge in [-0.3, -0.25) is 0 Å². The lowest BCUT2D eigenvalue weighted by Gasteiger charge is -2.18. The molecule has 0 aromatic carbocycles. The first-order valence-electron chi connectivity index (χ1n) is 6.40. The molecule has 0 bridgehead atoms. The van der Waals surface area contributed by atoms with Crippen molar-refractivity contribution in [3.05, 3.63) is 18.0 Å². The predicted octanol–water partition coefficient (Wildman–Crippen LogP) is 1.39. The molecule has 0 fully saturated rings. The number of aryl methyl sites for hydroxylation is 1. The van der Waals surface area contributed by atoms with E-state index in [1.54, 1.807) is 12.3 Å². The zero-order valence-electron chi connectivity index (χ0n) is 11.4. The minimum absolute atomic E-state index is 0.347. The second-order valence-corrected chi connectivity index (χ2v) is 6.09. The lowest BCUT2D eigenvalue weighted by Crippen LogP contribution is -2.31. The topological polar surface area (TPSA) is 68.3 Å². The lowest BCUT2D eigenvalue weighted by atomic mass is 10.4. The zero-order chi connectivity index (χ0) is 13.8. The third kappa shape index (κ3) is 2.93. The first-order chi connectivity index (χ1) is 8.51. The van der Waals surface area contributed by atoms with E-state index in [2.05, 4.69) is 0 Å². The molecule has 0 atom stereocenters. The van der Waals surface area contributed by atoms with E-state index in [1.807, 2.05) is 25.3 Å². The van der Waals surface area contributed by atoms with E-state index >= 15 is 0 Å². The van der Waals surface area contributed by atoms with Gasteiger partial charge in [-0.15, -0.1) is 0 Å². The highest BCUT2D eigenvalue weighted by Crippen LogP contribution is 2.19. The largest absolute Gasteiger partial charge is 0.349 e. The molecule has 1 aromatic heterocycles. The second-order valence-electron chi connectivity index (χ2n) is 4.15. The maximum absolute atomic E-state index is 12.4. The summed E-state index contributed by atoms with van der Waals surface area (Å²) < 4.78 is 28.2. The number of aromatic nitrogens is 1. The fourth-order valence-corrected chi connectivity index (χ4v) is 3.59. The molecule has 0 spiro atoms. The van der Waals surface area contributed by atoms with Crippen LogP contribution in [0.4, 0.5) is 0 Å². The van der Waals surface area contributed by atoms with E-state index in [1.165, 1.54) is 4.31 Å². The van der Waals surface area contributed by atoms with Crippen LogP contribution in [0.15, 0.2) is 17.2 Å². The monoisotopic (exact) mass is 273 g/mol. The lowest BCUT2D eigenvalue weighted by molar-refractivity contribution is 0.427. The molecule has 0 saturated heterocycles. The van der Waals surface area contributed by atoms with E-state index in [4.69, 9.17) is 5.73 Å². The summed E-state index contributed by atoms with van der Waals surface area (Å²) in [6.45, 7) is 7.92. The summed E-state index contributed by atoms with van der Waals surface area (Å²) in [4.78, 5) is 0.347. The average molecular weight is 273 g/mol. The number of nitrogens with zero attached hydrogens (tertiary/aromatic N) is 2. The number of sulfonamides is 1. The SMILES string of the molecule is CCCN(CC)S(=O)(=O)c1cc(CN)n(CC)c1. The molecule has 104 valence electrons. The van der Waals surface area contributed by atoms with Gasteiger partial charge in [0.05, 0.1) is 0 Å². The Balaban J connectivity index is 3.15. The summed E-state index contributed by atoms with van der Waals surface area (Å²) >= 11 is 0. The van der Waals surface area contributed by atoms with Crippen LogP contribution >= 0.6 is 0 Å². The van der Waals surface area contributed by atoms with Crippen molar-refractivity contribution in [3.63, 3.8) is 0 Å². The van der Waals surface area contributed by atoms with Gasteiger partial charge in [-0.05, 0) is 19.4 Å². The van der Waals surface area contributed by atoms with Gasteiger partial charge >= 0.3 is 0 Å². The van der Waals surface area contributed by atoms with E-state index in [0.29, 0.717) is 24.5 Å². The van der Waals surface area contributed by atoms with Crippen molar-refractivity contribution in [2.75, 3.05) is 13.1 Å². The Morgan fingerprint density at radius 2 is 2.00 bits per heavy atom. The van der Waals surface area contributed by atoms with E-state index < -0.39 is 10.0 Å². The quantitative estimate of drug-likeness (QED) is 0.816. The van der Waals surface area contributed by atoms with Crippen molar-refractivity contribution in [1.82, 2.24) is 8.87 Å². The predicted molar refractivity (Wildman–Crippen MR) is 72.7 cm³/mol. The minimum atomic E-state index is -3.38. The molecule has 0 amide bonds. The highest BCUT2D eigenvalue weighted by Gasteiger charge is 2.24. The average Bonchev–Trinajstić information content (AvgIpc) is 2.79. The van der Waals surface area contributed by atoms with Crippen LogP contribution in [0.1, 0.15) is 32.9 Å². The highest BCUT2D eigenvalue weighted by molar-refractivity contribution is 7.89. The summed E-state index contributed by atoms with van der Waals surface area (Å²) in [5, 5.41) is 0. The summed E-state index contributed by atoms with van der Waals surface area (Å²) in [6.07, 6.45) is 2.49. The molecule has 1 aromatic rings. The van der Waals surface area contributed by atoms with Crippen LogP contribution in [0, 0.1) is 0 Å². The van der Waals surface area contributed by atoms with Gasteiger partial charge in [0.1, 0.15) is 4.90 Å². The zero-order valence-corrected chi connectivity index (χ0v) is 12.2. The maximum Gasteiger partial charge on any atom is 0.244 e. The number of hydrogen-bond donors (Lipinski definition) is 1. The van der Waals surface area contributed by atoms with Crippen molar-refractivity contribution in [2.24, 2.45) is 5.73 Å². The molecule has 0 aliphatic heterocycles. The third-order valence-corrected chi connectivity index (χ3v) is 4.91. The van der Waals surface area contributed by atoms with Crippen molar-refractivity contribution in [2.45, 2.75) is 45.2 Å². The first kappa shape index (κ1) is 15.2. The number of nitrogens with two attached hydrogens (primary N) is 1. The Bertz CT molecular complexity index is 458. The van der Waals surface area contributed by atoms with Crippen molar-refractivity contribution in [3.8, 4) is 0 Å². The van der Waals surface area contributed by atoms with Crippen LogP contribution in [0.2, 0.25) is 0 Å². The molecule has 1 heterocycles. The molecule has 0 unspecified atom stereocenters. The van der Waals surface area contributed by atoms with Gasteiger partial charge in [-0.25, -0.2) is 8.42 Å². The van der Waals surface area contributed by atoms with Crippen LogP contribution < -0.4 is 5.73 Å². The third-order valence-electron chi connectivity index (χ3n) is 2.97. The molecule has 0 saturated carbocycles. The fraction of sp³-hybridized carbons (Fsp3) is 0.667. The molecule has 0 aliphatic carbocycles. The molecular formula is C12H23N3O2S. The molecule has 2 N–H and O–H groups in total. The normalized spacial score (nSPS) is 12.3. The second kappa shape index (κ2) is 6.36. The van der Waals surface area contributed by atoms with E-state index in [-0.39, 0.29) is 0 Å². The molecule has 6 heteroatoms.